The van der Waals surface area contributed by atoms with Gasteiger partial charge in [0.2, 0.25) is 0 Å². The number of benzene rings is 2. The number of halogens is 4. The molecule has 0 saturated heterocycles. The Labute approximate surface area is 168 Å². The highest BCUT2D eigenvalue weighted by Crippen LogP contribution is 2.34. The number of rotatable bonds is 6. The highest BCUT2D eigenvalue weighted by atomic mass is 79.9. The van der Waals surface area contributed by atoms with Crippen LogP contribution in [-0.2, 0) is 6.54 Å². The molecule has 0 aliphatic heterocycles. The summed E-state index contributed by atoms with van der Waals surface area (Å²) in [6.07, 6.45) is 2.00. The van der Waals surface area contributed by atoms with Crippen LogP contribution in [0.5, 0.6) is 0 Å². The highest BCUT2D eigenvalue weighted by molar-refractivity contribution is 9.10. The molecule has 0 saturated carbocycles. The molecule has 0 fully saturated rings. The molecule has 0 spiro atoms. The Kier molecular flexibility index (Phi) is 6.12. The first-order valence-electron chi connectivity index (χ1n) is 7.85. The van der Waals surface area contributed by atoms with E-state index in [9.17, 15) is 8.78 Å². The van der Waals surface area contributed by atoms with Gasteiger partial charge in [0.05, 0.1) is 20.6 Å². The van der Waals surface area contributed by atoms with Gasteiger partial charge in [-0.2, -0.15) is 0 Å². The van der Waals surface area contributed by atoms with Crippen molar-refractivity contribution in [1.82, 2.24) is 9.47 Å². The third-order valence-corrected chi connectivity index (χ3v) is 5.59. The fourth-order valence-electron chi connectivity index (χ4n) is 2.52. The van der Waals surface area contributed by atoms with Crippen molar-refractivity contribution in [2.24, 2.45) is 0 Å². The van der Waals surface area contributed by atoms with Crippen LogP contribution in [0.15, 0.2) is 45.9 Å². The molecule has 1 heterocycles. The maximum Gasteiger partial charge on any atom is 0.148 e. The van der Waals surface area contributed by atoms with Crippen LogP contribution in [0.25, 0.3) is 10.9 Å². The minimum absolute atomic E-state index is 0.0962. The third-order valence-electron chi connectivity index (χ3n) is 3.88. The van der Waals surface area contributed by atoms with E-state index in [1.807, 2.05) is 38.5 Å². The fourth-order valence-corrected chi connectivity index (χ4v) is 3.84. The zero-order chi connectivity index (χ0) is 18.8. The van der Waals surface area contributed by atoms with Crippen molar-refractivity contribution < 1.29 is 8.78 Å². The second kappa shape index (κ2) is 8.17. The second-order valence-electron chi connectivity index (χ2n) is 6.10. The molecule has 0 bridgehead atoms. The maximum atomic E-state index is 14.0. The summed E-state index contributed by atoms with van der Waals surface area (Å²) in [6, 6.07) is 7.92. The number of aromatic nitrogens is 1. The lowest BCUT2D eigenvalue weighted by molar-refractivity contribution is 0.386. The van der Waals surface area contributed by atoms with Gasteiger partial charge in [0.1, 0.15) is 11.6 Å². The Morgan fingerprint density at radius 1 is 1.19 bits per heavy atom. The number of likely N-dealkylation sites (N-methyl/N-ethyl adjacent to an activating group) is 1. The van der Waals surface area contributed by atoms with Crippen LogP contribution in [0, 0.1) is 11.6 Å². The molecule has 26 heavy (non-hydrogen) atoms. The lowest BCUT2D eigenvalue weighted by atomic mass is 10.2. The van der Waals surface area contributed by atoms with Crippen molar-refractivity contribution in [3.8, 4) is 0 Å². The second-order valence-corrected chi connectivity index (χ2v) is 8.24. The average Bonchev–Trinajstić information content (AvgIpc) is 2.92. The summed E-state index contributed by atoms with van der Waals surface area (Å²) < 4.78 is 32.8. The monoisotopic (exact) mass is 459 g/mol. The lowest BCUT2D eigenvalue weighted by Crippen LogP contribution is -2.17. The molecule has 0 amide bonds. The van der Waals surface area contributed by atoms with E-state index < -0.39 is 11.6 Å². The van der Waals surface area contributed by atoms with Crippen molar-refractivity contribution in [3.63, 3.8) is 0 Å². The summed E-state index contributed by atoms with van der Waals surface area (Å²) in [6.45, 7) is 1.67. The van der Waals surface area contributed by atoms with Crippen molar-refractivity contribution in [2.75, 3.05) is 25.4 Å². The molecule has 1 aromatic heterocycles. The van der Waals surface area contributed by atoms with Gasteiger partial charge >= 0.3 is 0 Å². The molecular weight excluding hydrogens is 444 g/mol. The fraction of sp³-hybridized carbons (Fsp3) is 0.222. The van der Waals surface area contributed by atoms with E-state index in [1.54, 1.807) is 0 Å². The van der Waals surface area contributed by atoms with E-state index in [4.69, 9.17) is 11.6 Å². The first-order chi connectivity index (χ1) is 12.3. The van der Waals surface area contributed by atoms with E-state index in [0.717, 1.165) is 41.0 Å². The smallest absolute Gasteiger partial charge is 0.148 e. The summed E-state index contributed by atoms with van der Waals surface area (Å²) in [5, 5.41) is 1.66. The van der Waals surface area contributed by atoms with Crippen LogP contribution in [0.2, 0.25) is 5.02 Å². The maximum absolute atomic E-state index is 14.0. The zero-order valence-corrected chi connectivity index (χ0v) is 17.4. The van der Waals surface area contributed by atoms with Gasteiger partial charge in [0, 0.05) is 35.8 Å². The van der Waals surface area contributed by atoms with Crippen LogP contribution in [0.4, 0.5) is 14.5 Å². The summed E-state index contributed by atoms with van der Waals surface area (Å²) in [5.74, 6) is -1.04. The highest BCUT2D eigenvalue weighted by Gasteiger charge is 2.13. The van der Waals surface area contributed by atoms with Crippen LogP contribution < -0.4 is 4.72 Å². The SMILES string of the molecule is CN(C)CCn1cc(SNc2cc(F)c(Br)cc2F)c2ccc(Cl)cc21. The Balaban J connectivity index is 1.89. The minimum Gasteiger partial charge on any atom is -0.345 e. The van der Waals surface area contributed by atoms with Gasteiger partial charge in [-0.3, -0.25) is 0 Å². The summed E-state index contributed by atoms with van der Waals surface area (Å²) in [4.78, 5) is 3.01. The molecule has 0 aliphatic rings. The number of hydrogen-bond acceptors (Lipinski definition) is 3. The molecule has 3 nitrogen and oxygen atoms in total. The zero-order valence-electron chi connectivity index (χ0n) is 14.2. The van der Waals surface area contributed by atoms with Gasteiger partial charge in [-0.05, 0) is 60.2 Å². The van der Waals surface area contributed by atoms with Crippen molar-refractivity contribution in [3.05, 3.63) is 57.7 Å². The third kappa shape index (κ3) is 4.34. The number of nitrogens with zero attached hydrogens (tertiary/aromatic N) is 2. The molecule has 2 aromatic carbocycles. The Hall–Kier alpha value is -1.28. The van der Waals surface area contributed by atoms with Gasteiger partial charge in [-0.1, -0.05) is 17.7 Å². The minimum atomic E-state index is -0.523. The number of fused-ring (bicyclic) bond motifs is 1. The molecular formula is C18H17BrClF2N3S. The van der Waals surface area contributed by atoms with Crippen LogP contribution in [0.3, 0.4) is 0 Å². The Morgan fingerprint density at radius 2 is 1.96 bits per heavy atom. The van der Waals surface area contributed by atoms with Gasteiger partial charge in [-0.15, -0.1) is 0 Å². The largest absolute Gasteiger partial charge is 0.345 e. The van der Waals surface area contributed by atoms with Crippen molar-refractivity contribution in [1.29, 1.82) is 0 Å². The molecule has 8 heteroatoms. The van der Waals surface area contributed by atoms with Gasteiger partial charge < -0.3 is 14.2 Å². The van der Waals surface area contributed by atoms with Gasteiger partial charge in [0.25, 0.3) is 0 Å². The summed E-state index contributed by atoms with van der Waals surface area (Å²) in [5.41, 5.74) is 1.10. The average molecular weight is 461 g/mol. The van der Waals surface area contributed by atoms with Crippen LogP contribution in [-0.4, -0.2) is 30.1 Å². The molecule has 3 rings (SSSR count). The normalized spacial score (nSPS) is 11.5. The van der Waals surface area contributed by atoms with E-state index in [0.29, 0.717) is 5.02 Å². The first-order valence-corrected chi connectivity index (χ1v) is 9.84. The predicted octanol–water partition coefficient (Wildman–Crippen LogP) is 6.02. The van der Waals surface area contributed by atoms with Crippen molar-refractivity contribution in [2.45, 2.75) is 11.4 Å². The van der Waals surface area contributed by atoms with Gasteiger partial charge in [-0.25, -0.2) is 8.78 Å². The molecule has 1 N–H and O–H groups in total. The Morgan fingerprint density at radius 3 is 2.69 bits per heavy atom. The van der Waals surface area contributed by atoms with E-state index >= 15 is 0 Å². The van der Waals surface area contributed by atoms with E-state index in [2.05, 4.69) is 30.1 Å². The molecule has 0 radical (unpaired) electrons. The van der Waals surface area contributed by atoms with E-state index in [-0.39, 0.29) is 10.2 Å². The predicted molar refractivity (Wildman–Crippen MR) is 109 cm³/mol. The quantitative estimate of drug-likeness (QED) is 0.359. The van der Waals surface area contributed by atoms with E-state index in [1.165, 1.54) is 11.9 Å². The molecule has 0 aliphatic carbocycles. The standard InChI is InChI=1S/C18H17BrClF2N3S/c1-24(2)5-6-25-10-18(12-4-3-11(20)7-17(12)25)26-23-16-9-14(21)13(19)8-15(16)22/h3-4,7-10,23H,5-6H2,1-2H3. The summed E-state index contributed by atoms with van der Waals surface area (Å²) in [7, 11) is 4.03. The molecule has 0 unspecified atom stereocenters. The van der Waals surface area contributed by atoms with Crippen molar-refractivity contribution >= 4 is 56.1 Å². The summed E-state index contributed by atoms with van der Waals surface area (Å²) >= 11 is 10.4. The number of hydrogen-bond donors (Lipinski definition) is 1. The van der Waals surface area contributed by atoms with Gasteiger partial charge in [0.15, 0.2) is 0 Å². The lowest BCUT2D eigenvalue weighted by Gasteiger charge is -2.11. The Bertz CT molecular complexity index is 946. The number of anilines is 1. The van der Waals surface area contributed by atoms with Crippen LogP contribution in [0.1, 0.15) is 0 Å². The van der Waals surface area contributed by atoms with Crippen LogP contribution >= 0.6 is 39.5 Å². The molecule has 0 atom stereocenters. The molecule has 3 aromatic rings. The molecule has 138 valence electrons. The topological polar surface area (TPSA) is 20.2 Å². The first kappa shape index (κ1) is 19.5. The number of nitrogens with one attached hydrogen (secondary N) is 1.